The molecule has 0 aliphatic carbocycles. The van der Waals surface area contributed by atoms with E-state index in [1.165, 1.54) is 0 Å². The fraction of sp³-hybridized carbons (Fsp3) is 0.444. The van der Waals surface area contributed by atoms with Gasteiger partial charge in [-0.05, 0) is 18.6 Å². The van der Waals surface area contributed by atoms with Crippen LogP contribution in [0.5, 0.6) is 0 Å². The molecule has 1 heterocycles. The lowest BCUT2D eigenvalue weighted by molar-refractivity contribution is 0.0213. The van der Waals surface area contributed by atoms with E-state index >= 15 is 0 Å². The normalized spacial score (nSPS) is 15.4. The molecule has 0 saturated carbocycles. The molecular formula is C9H14N2O2. The maximum atomic E-state index is 9.58. The number of nitrogens with zero attached hydrogens (tertiary/aromatic N) is 1. The third-order valence-electron chi connectivity index (χ3n) is 1.94. The van der Waals surface area contributed by atoms with Crippen LogP contribution in [0.4, 0.5) is 0 Å². The first-order chi connectivity index (χ1) is 6.16. The van der Waals surface area contributed by atoms with E-state index in [-0.39, 0.29) is 6.54 Å². The first-order valence-electron chi connectivity index (χ1n) is 4.14. The second-order valence-corrected chi connectivity index (χ2v) is 2.95. The van der Waals surface area contributed by atoms with E-state index in [1.54, 1.807) is 12.3 Å². The minimum atomic E-state index is -0.994. The van der Waals surface area contributed by atoms with Crippen molar-refractivity contribution in [2.75, 3.05) is 6.54 Å². The van der Waals surface area contributed by atoms with Gasteiger partial charge in [-0.1, -0.05) is 6.07 Å². The number of rotatable bonds is 3. The van der Waals surface area contributed by atoms with Crippen molar-refractivity contribution in [3.05, 3.63) is 29.6 Å². The summed E-state index contributed by atoms with van der Waals surface area (Å²) in [6.07, 6.45) is -0.366. The van der Waals surface area contributed by atoms with E-state index in [0.29, 0.717) is 5.69 Å². The SMILES string of the molecule is Cc1cccnc1C(O)C(O)CN. The van der Waals surface area contributed by atoms with E-state index < -0.39 is 12.2 Å². The number of nitrogens with two attached hydrogens (primary N) is 1. The highest BCUT2D eigenvalue weighted by Gasteiger charge is 2.19. The van der Waals surface area contributed by atoms with E-state index in [0.717, 1.165) is 5.56 Å². The Balaban J connectivity index is 2.88. The molecule has 4 nitrogen and oxygen atoms in total. The van der Waals surface area contributed by atoms with Gasteiger partial charge in [-0.2, -0.15) is 0 Å². The molecule has 0 saturated heterocycles. The average molecular weight is 182 g/mol. The second kappa shape index (κ2) is 4.32. The molecule has 2 unspecified atom stereocenters. The van der Waals surface area contributed by atoms with Crippen LogP contribution in [0.2, 0.25) is 0 Å². The number of aryl methyl sites for hydroxylation is 1. The molecule has 2 atom stereocenters. The van der Waals surface area contributed by atoms with Gasteiger partial charge >= 0.3 is 0 Å². The molecule has 0 fully saturated rings. The van der Waals surface area contributed by atoms with Crippen molar-refractivity contribution in [3.8, 4) is 0 Å². The lowest BCUT2D eigenvalue weighted by Crippen LogP contribution is -2.28. The minimum absolute atomic E-state index is 0.0250. The topological polar surface area (TPSA) is 79.4 Å². The van der Waals surface area contributed by atoms with Crippen LogP contribution in [0.1, 0.15) is 17.4 Å². The summed E-state index contributed by atoms with van der Waals surface area (Å²) in [5.41, 5.74) is 6.56. The summed E-state index contributed by atoms with van der Waals surface area (Å²) in [7, 11) is 0. The zero-order valence-electron chi connectivity index (χ0n) is 7.51. The van der Waals surface area contributed by atoms with Crippen molar-refractivity contribution in [2.24, 2.45) is 5.73 Å². The Labute approximate surface area is 77.0 Å². The third-order valence-corrected chi connectivity index (χ3v) is 1.94. The van der Waals surface area contributed by atoms with Crippen LogP contribution in [0.3, 0.4) is 0 Å². The molecule has 13 heavy (non-hydrogen) atoms. The highest BCUT2D eigenvalue weighted by atomic mass is 16.3. The average Bonchev–Trinajstić information content (AvgIpc) is 2.16. The van der Waals surface area contributed by atoms with Crippen LogP contribution in [0.25, 0.3) is 0 Å². The van der Waals surface area contributed by atoms with Crippen LogP contribution in [0, 0.1) is 6.92 Å². The van der Waals surface area contributed by atoms with Gasteiger partial charge in [0.1, 0.15) is 6.10 Å². The molecule has 72 valence electrons. The van der Waals surface area contributed by atoms with Gasteiger partial charge in [0.15, 0.2) is 0 Å². The zero-order chi connectivity index (χ0) is 9.84. The number of aliphatic hydroxyl groups excluding tert-OH is 2. The van der Waals surface area contributed by atoms with Crippen LogP contribution in [-0.2, 0) is 0 Å². The largest absolute Gasteiger partial charge is 0.389 e. The van der Waals surface area contributed by atoms with Gasteiger partial charge < -0.3 is 15.9 Å². The molecule has 1 rings (SSSR count). The summed E-state index contributed by atoms with van der Waals surface area (Å²) in [5, 5.41) is 18.9. The van der Waals surface area contributed by atoms with Crippen molar-refractivity contribution in [2.45, 2.75) is 19.1 Å². The fourth-order valence-electron chi connectivity index (χ4n) is 1.12. The van der Waals surface area contributed by atoms with Gasteiger partial charge in [-0.3, -0.25) is 4.98 Å². The van der Waals surface area contributed by atoms with Crippen molar-refractivity contribution in [1.82, 2.24) is 4.98 Å². The zero-order valence-corrected chi connectivity index (χ0v) is 7.51. The van der Waals surface area contributed by atoms with E-state index in [2.05, 4.69) is 4.98 Å². The quantitative estimate of drug-likeness (QED) is 0.602. The molecule has 1 aromatic rings. The Morgan fingerprint density at radius 2 is 2.23 bits per heavy atom. The summed E-state index contributed by atoms with van der Waals surface area (Å²) in [4.78, 5) is 3.98. The van der Waals surface area contributed by atoms with Gasteiger partial charge in [0.25, 0.3) is 0 Å². The van der Waals surface area contributed by atoms with E-state index in [4.69, 9.17) is 5.73 Å². The van der Waals surface area contributed by atoms with Crippen molar-refractivity contribution < 1.29 is 10.2 Å². The number of hydrogen-bond donors (Lipinski definition) is 3. The summed E-state index contributed by atoms with van der Waals surface area (Å²) in [5.74, 6) is 0. The smallest absolute Gasteiger partial charge is 0.123 e. The van der Waals surface area contributed by atoms with E-state index in [1.807, 2.05) is 13.0 Å². The molecule has 0 aliphatic heterocycles. The Hall–Kier alpha value is -0.970. The van der Waals surface area contributed by atoms with Crippen LogP contribution < -0.4 is 5.73 Å². The molecule has 4 N–H and O–H groups in total. The molecule has 0 aliphatic rings. The maximum absolute atomic E-state index is 9.58. The highest BCUT2D eigenvalue weighted by Crippen LogP contribution is 2.16. The van der Waals surface area contributed by atoms with Gasteiger partial charge in [0, 0.05) is 12.7 Å². The third kappa shape index (κ3) is 2.24. The second-order valence-electron chi connectivity index (χ2n) is 2.95. The predicted octanol–water partition coefficient (Wildman–Crippen LogP) is -0.257. The Bertz CT molecular complexity index is 278. The standard InChI is InChI=1S/C9H14N2O2/c1-6-3-2-4-11-8(6)9(13)7(12)5-10/h2-4,7,9,12-13H,5,10H2,1H3. The number of aliphatic hydroxyl groups is 2. The van der Waals surface area contributed by atoms with E-state index in [9.17, 15) is 10.2 Å². The first kappa shape index (κ1) is 10.1. The molecular weight excluding hydrogens is 168 g/mol. The summed E-state index contributed by atoms with van der Waals surface area (Å²) >= 11 is 0. The van der Waals surface area contributed by atoms with Crippen LogP contribution >= 0.6 is 0 Å². The van der Waals surface area contributed by atoms with Gasteiger partial charge in [0.05, 0.1) is 11.8 Å². The monoisotopic (exact) mass is 182 g/mol. The number of aromatic nitrogens is 1. The summed E-state index contributed by atoms with van der Waals surface area (Å²) in [6, 6.07) is 3.61. The predicted molar refractivity (Wildman–Crippen MR) is 49.0 cm³/mol. The van der Waals surface area contributed by atoms with Gasteiger partial charge in [0.2, 0.25) is 0 Å². The Kier molecular flexibility index (Phi) is 3.36. The lowest BCUT2D eigenvalue weighted by Gasteiger charge is -2.16. The van der Waals surface area contributed by atoms with Crippen molar-refractivity contribution in [1.29, 1.82) is 0 Å². The Morgan fingerprint density at radius 3 is 2.77 bits per heavy atom. The molecule has 0 amide bonds. The highest BCUT2D eigenvalue weighted by molar-refractivity contribution is 5.20. The molecule has 0 bridgehead atoms. The van der Waals surface area contributed by atoms with Gasteiger partial charge in [-0.15, -0.1) is 0 Å². The molecule has 0 spiro atoms. The Morgan fingerprint density at radius 1 is 1.54 bits per heavy atom. The maximum Gasteiger partial charge on any atom is 0.123 e. The molecule has 0 radical (unpaired) electrons. The molecule has 1 aromatic heterocycles. The minimum Gasteiger partial charge on any atom is -0.389 e. The number of hydrogen-bond acceptors (Lipinski definition) is 4. The van der Waals surface area contributed by atoms with Gasteiger partial charge in [-0.25, -0.2) is 0 Å². The number of pyridine rings is 1. The van der Waals surface area contributed by atoms with Crippen molar-refractivity contribution in [3.63, 3.8) is 0 Å². The summed E-state index contributed by atoms with van der Waals surface area (Å²) in [6.45, 7) is 1.85. The fourth-order valence-corrected chi connectivity index (χ4v) is 1.12. The van der Waals surface area contributed by atoms with Crippen LogP contribution in [-0.4, -0.2) is 27.8 Å². The lowest BCUT2D eigenvalue weighted by atomic mass is 10.1. The van der Waals surface area contributed by atoms with Crippen molar-refractivity contribution >= 4 is 0 Å². The molecule has 0 aromatic carbocycles. The summed E-state index contributed by atoms with van der Waals surface area (Å²) < 4.78 is 0. The first-order valence-corrected chi connectivity index (χ1v) is 4.14. The molecule has 4 heteroatoms. The van der Waals surface area contributed by atoms with Crippen LogP contribution in [0.15, 0.2) is 18.3 Å².